The van der Waals surface area contributed by atoms with Crippen LogP contribution < -0.4 is 9.47 Å². The first-order valence-corrected chi connectivity index (χ1v) is 10.4. The number of aliphatic hydroxyl groups is 1. The minimum atomic E-state index is -0.614. The predicted octanol–water partition coefficient (Wildman–Crippen LogP) is 4.67. The summed E-state index contributed by atoms with van der Waals surface area (Å²) in [5, 5.41) is 16.4. The van der Waals surface area contributed by atoms with E-state index in [4.69, 9.17) is 32.7 Å². The van der Waals surface area contributed by atoms with Crippen molar-refractivity contribution in [1.82, 2.24) is 14.8 Å². The third kappa shape index (κ3) is 3.54. The van der Waals surface area contributed by atoms with Gasteiger partial charge in [-0.25, -0.2) is 9.67 Å². The van der Waals surface area contributed by atoms with Gasteiger partial charge in [-0.05, 0) is 35.4 Å². The third-order valence-corrected chi connectivity index (χ3v) is 6.38. The first-order valence-electron chi connectivity index (χ1n) is 9.64. The molecule has 3 aromatic rings. The van der Waals surface area contributed by atoms with E-state index < -0.39 is 6.04 Å². The molecule has 1 N–H and O–H groups in total. The zero-order valence-corrected chi connectivity index (χ0v) is 17.7. The van der Waals surface area contributed by atoms with Crippen molar-refractivity contribution in [3.63, 3.8) is 0 Å². The highest BCUT2D eigenvalue weighted by molar-refractivity contribution is 6.36. The van der Waals surface area contributed by atoms with Crippen molar-refractivity contribution in [2.24, 2.45) is 0 Å². The van der Waals surface area contributed by atoms with Gasteiger partial charge >= 0.3 is 0 Å². The van der Waals surface area contributed by atoms with E-state index in [1.807, 2.05) is 12.1 Å². The van der Waals surface area contributed by atoms with E-state index in [-0.39, 0.29) is 42.7 Å². The smallest absolute Gasteiger partial charge is 0.231 e. The van der Waals surface area contributed by atoms with Gasteiger partial charge in [0.05, 0.1) is 0 Å². The van der Waals surface area contributed by atoms with E-state index >= 15 is 0 Å². The normalized spacial score (nSPS) is 20.4. The number of hydrogen-bond donors (Lipinski definition) is 1. The van der Waals surface area contributed by atoms with E-state index in [1.165, 1.54) is 12.7 Å². The van der Waals surface area contributed by atoms with Crippen molar-refractivity contribution in [3.8, 4) is 11.5 Å². The number of aromatic nitrogens is 3. The molecule has 0 unspecified atom stereocenters. The summed E-state index contributed by atoms with van der Waals surface area (Å²) in [5.41, 5.74) is 1.70. The van der Waals surface area contributed by atoms with Crippen molar-refractivity contribution >= 4 is 29.0 Å². The Morgan fingerprint density at radius 2 is 1.90 bits per heavy atom. The average Bonchev–Trinajstić information content (AvgIpc) is 3.44. The van der Waals surface area contributed by atoms with E-state index in [1.54, 1.807) is 28.9 Å². The van der Waals surface area contributed by atoms with E-state index in [0.717, 1.165) is 5.56 Å². The Labute approximate surface area is 187 Å². The maximum atomic E-state index is 13.2. The van der Waals surface area contributed by atoms with Gasteiger partial charge in [-0.15, -0.1) is 0 Å². The summed E-state index contributed by atoms with van der Waals surface area (Å²) in [7, 11) is 0. The van der Waals surface area contributed by atoms with E-state index in [9.17, 15) is 9.90 Å². The lowest BCUT2D eigenvalue weighted by Crippen LogP contribution is -2.30. The molecule has 0 bridgehead atoms. The number of halogens is 2. The van der Waals surface area contributed by atoms with E-state index in [2.05, 4.69) is 10.1 Å². The maximum absolute atomic E-state index is 13.2. The van der Waals surface area contributed by atoms with Crippen molar-refractivity contribution in [1.29, 1.82) is 0 Å². The Morgan fingerprint density at radius 3 is 2.65 bits per heavy atom. The Bertz CT molecular complexity index is 1170. The highest BCUT2D eigenvalue weighted by Crippen LogP contribution is 2.45. The molecule has 31 heavy (non-hydrogen) atoms. The molecule has 0 spiro atoms. The second kappa shape index (κ2) is 7.90. The van der Waals surface area contributed by atoms with E-state index in [0.29, 0.717) is 27.1 Å². The van der Waals surface area contributed by atoms with Crippen LogP contribution in [0.3, 0.4) is 0 Å². The Hall–Kier alpha value is -3.03. The standard InChI is InChI=1S/C22H17Cl2N3O4/c23-16-2-1-3-17(24)14(16)7-15-18(28)8-13(21(22(15)29)27-10-25-9-26-27)12-4-5-19-20(6-12)31-11-30-19/h1-6,9-10,13,21,29H,7-8,11H2/t13-,21+/m1/s1. The lowest BCUT2D eigenvalue weighted by molar-refractivity contribution is -0.117. The summed E-state index contributed by atoms with van der Waals surface area (Å²) < 4.78 is 12.4. The number of Topliss-reactive ketones (excluding diaryl/α,β-unsaturated/α-hetero) is 1. The quantitative estimate of drug-likeness (QED) is 0.612. The second-order valence-electron chi connectivity index (χ2n) is 7.41. The number of allylic oxidation sites excluding steroid dienone is 2. The molecule has 2 heterocycles. The number of nitrogens with zero attached hydrogens (tertiary/aromatic N) is 3. The maximum Gasteiger partial charge on any atom is 0.231 e. The van der Waals surface area contributed by atoms with Gasteiger partial charge in [0.15, 0.2) is 17.3 Å². The number of carbonyl (C=O) groups is 1. The van der Waals surface area contributed by atoms with Crippen LogP contribution in [-0.2, 0) is 11.2 Å². The van der Waals surface area contributed by atoms with Gasteiger partial charge in [0.2, 0.25) is 6.79 Å². The number of ether oxygens (including phenoxy) is 2. The fraction of sp³-hybridized carbons (Fsp3) is 0.227. The van der Waals surface area contributed by atoms with Crippen LogP contribution in [0.2, 0.25) is 10.0 Å². The zero-order valence-electron chi connectivity index (χ0n) is 16.2. The van der Waals surface area contributed by atoms with Crippen LogP contribution in [0.15, 0.2) is 60.4 Å². The molecular weight excluding hydrogens is 441 g/mol. The first kappa shape index (κ1) is 19.9. The van der Waals surface area contributed by atoms with Crippen LogP contribution >= 0.6 is 23.2 Å². The van der Waals surface area contributed by atoms with Gasteiger partial charge in [-0.1, -0.05) is 35.3 Å². The minimum absolute atomic E-state index is 0.0691. The average molecular weight is 458 g/mol. The van der Waals surface area contributed by atoms with Crippen molar-refractivity contribution in [2.75, 3.05) is 6.79 Å². The van der Waals surface area contributed by atoms with Gasteiger partial charge in [-0.3, -0.25) is 4.79 Å². The molecule has 2 aromatic carbocycles. The monoisotopic (exact) mass is 457 g/mol. The second-order valence-corrected chi connectivity index (χ2v) is 8.22. The SMILES string of the molecule is O=C1C[C@H](c2ccc3c(c2)OCO3)[C@H](n2cncn2)C(O)=C1Cc1c(Cl)cccc1Cl. The fourth-order valence-corrected chi connectivity index (χ4v) is 4.66. The number of carbonyl (C=O) groups excluding carboxylic acids is 1. The number of benzene rings is 2. The van der Waals surface area contributed by atoms with Gasteiger partial charge in [-0.2, -0.15) is 5.10 Å². The molecule has 2 aliphatic rings. The molecular formula is C22H17Cl2N3O4. The van der Waals surface area contributed by atoms with Crippen LogP contribution in [0, 0.1) is 0 Å². The number of rotatable bonds is 4. The summed E-state index contributed by atoms with van der Waals surface area (Å²) in [6.07, 6.45) is 3.22. The van der Waals surface area contributed by atoms with Crippen LogP contribution in [0.1, 0.15) is 29.5 Å². The number of ketones is 1. The van der Waals surface area contributed by atoms with Gasteiger partial charge in [0.25, 0.3) is 0 Å². The van der Waals surface area contributed by atoms with Crippen LogP contribution in [0.5, 0.6) is 11.5 Å². The Kier molecular flexibility index (Phi) is 5.08. The Morgan fingerprint density at radius 1 is 1.13 bits per heavy atom. The number of aliphatic hydroxyl groups excluding tert-OH is 1. The fourth-order valence-electron chi connectivity index (χ4n) is 4.13. The van der Waals surface area contributed by atoms with Crippen molar-refractivity contribution in [2.45, 2.75) is 24.8 Å². The third-order valence-electron chi connectivity index (χ3n) is 5.67. The highest BCUT2D eigenvalue weighted by atomic mass is 35.5. The molecule has 9 heteroatoms. The zero-order chi connectivity index (χ0) is 21.5. The van der Waals surface area contributed by atoms with Gasteiger partial charge in [0.1, 0.15) is 24.5 Å². The molecule has 0 saturated heterocycles. The molecule has 0 radical (unpaired) electrons. The molecule has 0 fully saturated rings. The summed E-state index contributed by atoms with van der Waals surface area (Å²) in [4.78, 5) is 17.2. The lowest BCUT2D eigenvalue weighted by Gasteiger charge is -2.32. The summed E-state index contributed by atoms with van der Waals surface area (Å²) in [6, 6.07) is 10.1. The summed E-state index contributed by atoms with van der Waals surface area (Å²) in [5.74, 6) is 0.651. The molecule has 0 saturated carbocycles. The summed E-state index contributed by atoms with van der Waals surface area (Å²) in [6.45, 7) is 0.156. The molecule has 5 rings (SSSR count). The summed E-state index contributed by atoms with van der Waals surface area (Å²) >= 11 is 12.6. The largest absolute Gasteiger partial charge is 0.510 e. The van der Waals surface area contributed by atoms with Gasteiger partial charge < -0.3 is 14.6 Å². The molecule has 7 nitrogen and oxygen atoms in total. The van der Waals surface area contributed by atoms with Gasteiger partial charge in [0, 0.05) is 34.4 Å². The highest BCUT2D eigenvalue weighted by Gasteiger charge is 2.39. The molecule has 158 valence electrons. The topological polar surface area (TPSA) is 86.5 Å². The lowest BCUT2D eigenvalue weighted by atomic mass is 9.77. The molecule has 1 aromatic heterocycles. The predicted molar refractivity (Wildman–Crippen MR) is 114 cm³/mol. The molecule has 2 atom stereocenters. The minimum Gasteiger partial charge on any atom is -0.510 e. The van der Waals surface area contributed by atoms with Crippen LogP contribution in [-0.4, -0.2) is 32.4 Å². The number of hydrogen-bond acceptors (Lipinski definition) is 6. The van der Waals surface area contributed by atoms with Crippen LogP contribution in [0.4, 0.5) is 0 Å². The van der Waals surface area contributed by atoms with Crippen molar-refractivity contribution < 1.29 is 19.4 Å². The number of fused-ring (bicyclic) bond motifs is 1. The van der Waals surface area contributed by atoms with Crippen LogP contribution in [0.25, 0.3) is 0 Å². The van der Waals surface area contributed by atoms with Crippen molar-refractivity contribution in [3.05, 3.63) is 81.6 Å². The Balaban J connectivity index is 1.59. The molecule has 1 aliphatic heterocycles. The molecule has 0 amide bonds. The first-order chi connectivity index (χ1) is 15.0. The molecule has 1 aliphatic carbocycles.